The Morgan fingerprint density at radius 2 is 2.06 bits per heavy atom. The molecule has 2 heteroatoms. The first kappa shape index (κ1) is 16.0. The number of aliphatic hydroxyl groups excluding tert-OH is 1. The summed E-state index contributed by atoms with van der Waals surface area (Å²) < 4.78 is 0. The highest BCUT2D eigenvalue weighted by Crippen LogP contribution is 2.55. The van der Waals surface area contributed by atoms with Crippen molar-refractivity contribution in [2.24, 2.45) is 16.7 Å². The molecular formula is C16H33NO. The summed E-state index contributed by atoms with van der Waals surface area (Å²) in [7, 11) is 0. The van der Waals surface area contributed by atoms with Crippen LogP contribution >= 0.6 is 0 Å². The molecule has 0 bridgehead atoms. The summed E-state index contributed by atoms with van der Waals surface area (Å²) in [6, 6.07) is 0. The average Bonchev–Trinajstić information content (AvgIpc) is 2.85. The van der Waals surface area contributed by atoms with Gasteiger partial charge in [-0.3, -0.25) is 5.32 Å². The number of aliphatic hydroxyl groups is 1. The van der Waals surface area contributed by atoms with Gasteiger partial charge in [-0.1, -0.05) is 47.5 Å². The van der Waals surface area contributed by atoms with Crippen LogP contribution in [0.25, 0.3) is 0 Å². The topological polar surface area (TPSA) is 32.3 Å². The van der Waals surface area contributed by atoms with Crippen molar-refractivity contribution in [3.8, 4) is 0 Å². The minimum absolute atomic E-state index is 0.297. The molecule has 2 N–H and O–H groups in total. The Morgan fingerprint density at radius 3 is 2.61 bits per heavy atom. The van der Waals surface area contributed by atoms with Gasteiger partial charge in [0, 0.05) is 6.54 Å². The highest BCUT2D eigenvalue weighted by Gasteiger charge is 2.48. The van der Waals surface area contributed by atoms with Crippen LogP contribution in [0.15, 0.2) is 0 Å². The lowest BCUT2D eigenvalue weighted by Gasteiger charge is -2.20. The van der Waals surface area contributed by atoms with Crippen molar-refractivity contribution < 1.29 is 5.11 Å². The second kappa shape index (κ2) is 6.38. The summed E-state index contributed by atoms with van der Waals surface area (Å²) in [5, 5.41) is 12.9. The number of hydrogen-bond acceptors (Lipinski definition) is 2. The smallest absolute Gasteiger partial charge is 0.104 e. The molecule has 108 valence electrons. The van der Waals surface area contributed by atoms with Crippen molar-refractivity contribution in [2.75, 3.05) is 6.54 Å². The van der Waals surface area contributed by atoms with E-state index in [1.807, 2.05) is 0 Å². The van der Waals surface area contributed by atoms with E-state index in [0.717, 1.165) is 25.3 Å². The van der Waals surface area contributed by atoms with Gasteiger partial charge in [0.15, 0.2) is 0 Å². The van der Waals surface area contributed by atoms with Crippen LogP contribution in [0.2, 0.25) is 0 Å². The first-order chi connectivity index (χ1) is 8.27. The number of hydrogen-bond donors (Lipinski definition) is 2. The maximum absolute atomic E-state index is 9.67. The number of nitrogens with one attached hydrogen (secondary N) is 1. The molecular weight excluding hydrogens is 222 g/mol. The summed E-state index contributed by atoms with van der Waals surface area (Å²) >= 11 is 0. The lowest BCUT2D eigenvalue weighted by molar-refractivity contribution is 0.124. The van der Waals surface area contributed by atoms with Crippen LogP contribution in [0, 0.1) is 16.7 Å². The molecule has 1 fully saturated rings. The summed E-state index contributed by atoms with van der Waals surface area (Å²) in [5.41, 5.74) is 1.01. The Bertz CT molecular complexity index is 246. The van der Waals surface area contributed by atoms with Gasteiger partial charge in [-0.05, 0) is 42.4 Å². The normalized spacial score (nSPS) is 29.3. The summed E-state index contributed by atoms with van der Waals surface area (Å²) in [5.74, 6) is 0.781. The van der Waals surface area contributed by atoms with Gasteiger partial charge in [-0.25, -0.2) is 0 Å². The van der Waals surface area contributed by atoms with Crippen LogP contribution in [0.5, 0.6) is 0 Å². The third-order valence-corrected chi connectivity index (χ3v) is 4.37. The van der Waals surface area contributed by atoms with Gasteiger partial charge in [0.1, 0.15) is 6.23 Å². The van der Waals surface area contributed by atoms with Gasteiger partial charge in [-0.2, -0.15) is 0 Å². The Balaban J connectivity index is 2.13. The lowest BCUT2D eigenvalue weighted by atomic mass is 9.87. The maximum atomic E-state index is 9.67. The van der Waals surface area contributed by atoms with Crippen molar-refractivity contribution in [1.82, 2.24) is 5.32 Å². The molecule has 0 heterocycles. The monoisotopic (exact) mass is 255 g/mol. The molecule has 1 saturated carbocycles. The molecule has 1 rings (SSSR count). The fourth-order valence-corrected chi connectivity index (χ4v) is 2.81. The molecule has 0 spiro atoms. The van der Waals surface area contributed by atoms with Gasteiger partial charge < -0.3 is 5.11 Å². The van der Waals surface area contributed by atoms with Gasteiger partial charge >= 0.3 is 0 Å². The molecule has 0 radical (unpaired) electrons. The van der Waals surface area contributed by atoms with E-state index in [-0.39, 0.29) is 6.23 Å². The SMILES string of the molecule is CCC[C@@H](O)NC[C@H]1CC1(C)CCCC(C)(C)C. The van der Waals surface area contributed by atoms with Gasteiger partial charge in [0.25, 0.3) is 0 Å². The molecule has 1 unspecified atom stereocenters. The Morgan fingerprint density at radius 1 is 1.39 bits per heavy atom. The lowest BCUT2D eigenvalue weighted by Crippen LogP contribution is -2.31. The zero-order chi connectivity index (χ0) is 13.8. The molecule has 0 amide bonds. The second-order valence-corrected chi connectivity index (χ2v) is 7.68. The molecule has 1 aliphatic carbocycles. The van der Waals surface area contributed by atoms with Crippen LogP contribution in [-0.2, 0) is 0 Å². The van der Waals surface area contributed by atoms with E-state index in [4.69, 9.17) is 0 Å². The fourth-order valence-electron chi connectivity index (χ4n) is 2.81. The van der Waals surface area contributed by atoms with Crippen molar-refractivity contribution in [1.29, 1.82) is 0 Å². The van der Waals surface area contributed by atoms with E-state index in [1.165, 1.54) is 25.7 Å². The highest BCUT2D eigenvalue weighted by molar-refractivity contribution is 4.99. The molecule has 18 heavy (non-hydrogen) atoms. The third kappa shape index (κ3) is 5.71. The summed E-state index contributed by atoms with van der Waals surface area (Å²) in [6.07, 6.45) is 6.96. The first-order valence-electron chi connectivity index (χ1n) is 7.68. The van der Waals surface area contributed by atoms with E-state index in [2.05, 4.69) is 39.9 Å². The van der Waals surface area contributed by atoms with Crippen molar-refractivity contribution in [2.45, 2.75) is 79.4 Å². The Kier molecular flexibility index (Phi) is 5.67. The van der Waals surface area contributed by atoms with Crippen molar-refractivity contribution in [3.05, 3.63) is 0 Å². The summed E-state index contributed by atoms with van der Waals surface area (Å²) in [4.78, 5) is 0. The average molecular weight is 255 g/mol. The van der Waals surface area contributed by atoms with E-state index in [1.54, 1.807) is 0 Å². The van der Waals surface area contributed by atoms with Crippen LogP contribution in [0.1, 0.15) is 73.1 Å². The third-order valence-electron chi connectivity index (χ3n) is 4.37. The molecule has 0 saturated heterocycles. The van der Waals surface area contributed by atoms with Crippen LogP contribution in [-0.4, -0.2) is 17.9 Å². The molecule has 3 atom stereocenters. The van der Waals surface area contributed by atoms with Gasteiger partial charge in [0.2, 0.25) is 0 Å². The zero-order valence-corrected chi connectivity index (χ0v) is 13.1. The van der Waals surface area contributed by atoms with E-state index < -0.39 is 0 Å². The van der Waals surface area contributed by atoms with E-state index in [0.29, 0.717) is 10.8 Å². The minimum Gasteiger partial charge on any atom is -0.379 e. The van der Waals surface area contributed by atoms with Gasteiger partial charge in [0.05, 0.1) is 0 Å². The quantitative estimate of drug-likeness (QED) is 0.644. The molecule has 0 aromatic heterocycles. The van der Waals surface area contributed by atoms with E-state index in [9.17, 15) is 5.11 Å². The fraction of sp³-hybridized carbons (Fsp3) is 1.00. The van der Waals surface area contributed by atoms with Gasteiger partial charge in [-0.15, -0.1) is 0 Å². The standard InChI is InChI=1S/C16H33NO/c1-6-8-14(18)17-12-13-11-16(13,5)10-7-9-15(2,3)4/h13-14,17-18H,6-12H2,1-5H3/t13-,14-,16?/m1/s1. The molecule has 2 nitrogen and oxygen atoms in total. The molecule has 0 aromatic carbocycles. The highest BCUT2D eigenvalue weighted by atomic mass is 16.3. The predicted molar refractivity (Wildman–Crippen MR) is 78.4 cm³/mol. The van der Waals surface area contributed by atoms with Crippen LogP contribution in [0.4, 0.5) is 0 Å². The number of rotatable bonds is 8. The van der Waals surface area contributed by atoms with E-state index >= 15 is 0 Å². The molecule has 0 aromatic rings. The Hall–Kier alpha value is -0.0800. The first-order valence-corrected chi connectivity index (χ1v) is 7.68. The van der Waals surface area contributed by atoms with Crippen LogP contribution < -0.4 is 5.32 Å². The zero-order valence-electron chi connectivity index (χ0n) is 13.1. The van der Waals surface area contributed by atoms with Crippen molar-refractivity contribution >= 4 is 0 Å². The second-order valence-electron chi connectivity index (χ2n) is 7.68. The van der Waals surface area contributed by atoms with Crippen LogP contribution in [0.3, 0.4) is 0 Å². The summed E-state index contributed by atoms with van der Waals surface area (Å²) in [6.45, 7) is 12.5. The minimum atomic E-state index is -0.297. The molecule has 1 aliphatic rings. The molecule has 0 aliphatic heterocycles. The largest absolute Gasteiger partial charge is 0.379 e. The Labute approximate surface area is 114 Å². The predicted octanol–water partition coefficient (Wildman–Crippen LogP) is 3.94. The van der Waals surface area contributed by atoms with Crippen molar-refractivity contribution in [3.63, 3.8) is 0 Å². The maximum Gasteiger partial charge on any atom is 0.104 e.